The van der Waals surface area contributed by atoms with Crippen LogP contribution in [0.2, 0.25) is 0 Å². The zero-order chi connectivity index (χ0) is 17.1. The summed E-state index contributed by atoms with van der Waals surface area (Å²) in [7, 11) is 0. The Balaban J connectivity index is 1.70. The number of likely N-dealkylation sites (tertiary alicyclic amines) is 1. The largest absolute Gasteiger partial charge is 0.491 e. The maximum absolute atomic E-state index is 12.5. The molecule has 2 aromatic rings. The van der Waals surface area contributed by atoms with Crippen molar-refractivity contribution in [3.63, 3.8) is 0 Å². The number of carbonyl (C=O) groups excluding carboxylic acids is 1. The minimum atomic E-state index is 0.00760. The highest BCUT2D eigenvalue weighted by Crippen LogP contribution is 2.27. The van der Waals surface area contributed by atoms with Gasteiger partial charge in [0.05, 0.1) is 6.10 Å². The molecule has 1 aliphatic rings. The van der Waals surface area contributed by atoms with Crippen LogP contribution in [0.5, 0.6) is 5.75 Å². The number of benzene rings is 1. The smallest absolute Gasteiger partial charge is 0.273 e. The van der Waals surface area contributed by atoms with Crippen molar-refractivity contribution >= 4 is 17.2 Å². The summed E-state index contributed by atoms with van der Waals surface area (Å²) in [6.07, 6.45) is 1.13. The first-order valence-electron chi connectivity index (χ1n) is 8.28. The molecule has 0 radical (unpaired) electrons. The van der Waals surface area contributed by atoms with Crippen LogP contribution in [0, 0.1) is 5.92 Å². The molecule has 1 fully saturated rings. The fourth-order valence-electron chi connectivity index (χ4n) is 2.82. The van der Waals surface area contributed by atoms with E-state index in [-0.39, 0.29) is 12.0 Å². The van der Waals surface area contributed by atoms with Gasteiger partial charge in [0.25, 0.3) is 5.91 Å². The SMILES string of the molecule is CC(C)Oc1ccc(-c2nc(C(=O)N3CCC(CN)C3)cs2)cc1. The summed E-state index contributed by atoms with van der Waals surface area (Å²) in [5, 5.41) is 2.69. The van der Waals surface area contributed by atoms with Crippen LogP contribution in [0.3, 0.4) is 0 Å². The van der Waals surface area contributed by atoms with E-state index < -0.39 is 0 Å². The predicted octanol–water partition coefficient (Wildman–Crippen LogP) is 3.02. The molecule has 3 rings (SSSR count). The quantitative estimate of drug-likeness (QED) is 0.904. The summed E-state index contributed by atoms with van der Waals surface area (Å²) < 4.78 is 5.65. The van der Waals surface area contributed by atoms with Gasteiger partial charge < -0.3 is 15.4 Å². The van der Waals surface area contributed by atoms with Crippen molar-refractivity contribution < 1.29 is 9.53 Å². The number of nitrogens with zero attached hydrogens (tertiary/aromatic N) is 2. The lowest BCUT2D eigenvalue weighted by atomic mass is 10.1. The van der Waals surface area contributed by atoms with Crippen molar-refractivity contribution in [3.05, 3.63) is 35.3 Å². The molecule has 1 aromatic carbocycles. The molecule has 1 amide bonds. The average Bonchev–Trinajstić information content (AvgIpc) is 3.24. The minimum absolute atomic E-state index is 0.00760. The van der Waals surface area contributed by atoms with Crippen LogP contribution in [0.4, 0.5) is 0 Å². The van der Waals surface area contributed by atoms with E-state index in [1.54, 1.807) is 0 Å². The van der Waals surface area contributed by atoms with Crippen LogP contribution in [-0.2, 0) is 0 Å². The van der Waals surface area contributed by atoms with Crippen LogP contribution < -0.4 is 10.5 Å². The molecule has 2 heterocycles. The number of hydrogen-bond donors (Lipinski definition) is 1. The lowest BCUT2D eigenvalue weighted by Crippen LogP contribution is -2.30. The Kier molecular flexibility index (Phi) is 5.16. The summed E-state index contributed by atoms with van der Waals surface area (Å²) in [6.45, 7) is 6.15. The summed E-state index contributed by atoms with van der Waals surface area (Å²) in [5.41, 5.74) is 7.22. The second-order valence-corrected chi connectivity index (χ2v) is 7.23. The lowest BCUT2D eigenvalue weighted by Gasteiger charge is -2.14. The molecule has 24 heavy (non-hydrogen) atoms. The number of thiazole rings is 1. The number of rotatable bonds is 5. The third kappa shape index (κ3) is 3.76. The lowest BCUT2D eigenvalue weighted by molar-refractivity contribution is 0.0782. The Morgan fingerprint density at radius 1 is 1.42 bits per heavy atom. The van der Waals surface area contributed by atoms with Gasteiger partial charge in [-0.2, -0.15) is 0 Å². The molecular formula is C18H23N3O2S. The van der Waals surface area contributed by atoms with Crippen molar-refractivity contribution in [2.45, 2.75) is 26.4 Å². The maximum Gasteiger partial charge on any atom is 0.273 e. The molecule has 2 N–H and O–H groups in total. The minimum Gasteiger partial charge on any atom is -0.491 e. The number of carbonyl (C=O) groups is 1. The van der Waals surface area contributed by atoms with E-state index in [1.807, 2.05) is 48.4 Å². The fourth-order valence-corrected chi connectivity index (χ4v) is 3.62. The predicted molar refractivity (Wildman–Crippen MR) is 96.4 cm³/mol. The van der Waals surface area contributed by atoms with Crippen molar-refractivity contribution in [1.29, 1.82) is 0 Å². The van der Waals surface area contributed by atoms with E-state index in [9.17, 15) is 4.79 Å². The van der Waals surface area contributed by atoms with Crippen LogP contribution in [-0.4, -0.2) is 41.5 Å². The first-order chi connectivity index (χ1) is 11.6. The van der Waals surface area contributed by atoms with Crippen LogP contribution in [0.1, 0.15) is 30.8 Å². The van der Waals surface area contributed by atoms with E-state index in [1.165, 1.54) is 11.3 Å². The summed E-state index contributed by atoms with van der Waals surface area (Å²) >= 11 is 1.49. The number of aromatic nitrogens is 1. The second-order valence-electron chi connectivity index (χ2n) is 6.37. The van der Waals surface area contributed by atoms with Crippen molar-refractivity contribution in [2.75, 3.05) is 19.6 Å². The van der Waals surface area contributed by atoms with Gasteiger partial charge in [-0.1, -0.05) is 0 Å². The first-order valence-corrected chi connectivity index (χ1v) is 9.16. The molecule has 1 saturated heterocycles. The summed E-state index contributed by atoms with van der Waals surface area (Å²) in [6, 6.07) is 7.82. The molecule has 1 unspecified atom stereocenters. The van der Waals surface area contributed by atoms with E-state index in [2.05, 4.69) is 4.98 Å². The Morgan fingerprint density at radius 2 is 2.17 bits per heavy atom. The molecule has 5 nitrogen and oxygen atoms in total. The van der Waals surface area contributed by atoms with Gasteiger partial charge in [0.15, 0.2) is 0 Å². The zero-order valence-corrected chi connectivity index (χ0v) is 14.9. The summed E-state index contributed by atoms with van der Waals surface area (Å²) in [4.78, 5) is 18.9. The van der Waals surface area contributed by atoms with E-state index in [0.29, 0.717) is 18.2 Å². The normalized spacial score (nSPS) is 17.5. The Bertz CT molecular complexity index is 697. The monoisotopic (exact) mass is 345 g/mol. The topological polar surface area (TPSA) is 68.5 Å². The van der Waals surface area contributed by atoms with Gasteiger partial charge >= 0.3 is 0 Å². The number of hydrogen-bond acceptors (Lipinski definition) is 5. The molecule has 1 aromatic heterocycles. The van der Waals surface area contributed by atoms with Crippen molar-refractivity contribution in [3.8, 4) is 16.3 Å². The van der Waals surface area contributed by atoms with Gasteiger partial charge in [-0.3, -0.25) is 4.79 Å². The molecule has 6 heteroatoms. The maximum atomic E-state index is 12.5. The first kappa shape index (κ1) is 16.9. The average molecular weight is 345 g/mol. The highest BCUT2D eigenvalue weighted by atomic mass is 32.1. The number of nitrogens with two attached hydrogens (primary N) is 1. The van der Waals surface area contributed by atoms with Gasteiger partial charge in [-0.25, -0.2) is 4.98 Å². The van der Waals surface area contributed by atoms with Crippen molar-refractivity contribution in [1.82, 2.24) is 9.88 Å². The zero-order valence-electron chi connectivity index (χ0n) is 14.1. The van der Waals surface area contributed by atoms with Gasteiger partial charge in [0, 0.05) is 24.0 Å². The number of ether oxygens (including phenoxy) is 1. The third-order valence-electron chi connectivity index (χ3n) is 4.10. The van der Waals surface area contributed by atoms with Crippen molar-refractivity contribution in [2.24, 2.45) is 11.7 Å². The molecular weight excluding hydrogens is 322 g/mol. The highest BCUT2D eigenvalue weighted by molar-refractivity contribution is 7.13. The van der Waals surface area contributed by atoms with Gasteiger partial charge in [0.2, 0.25) is 0 Å². The highest BCUT2D eigenvalue weighted by Gasteiger charge is 2.27. The van der Waals surface area contributed by atoms with Gasteiger partial charge in [0.1, 0.15) is 16.5 Å². The standard InChI is InChI=1S/C18H23N3O2S/c1-12(2)23-15-5-3-14(4-6-15)17-20-16(11-24-17)18(22)21-8-7-13(9-19)10-21/h3-6,11-13H,7-10,19H2,1-2H3. The molecule has 1 atom stereocenters. The second kappa shape index (κ2) is 7.32. The van der Waals surface area contributed by atoms with Gasteiger partial charge in [-0.15, -0.1) is 11.3 Å². The molecule has 0 saturated carbocycles. The Labute approximate surface area is 146 Å². The molecule has 0 spiro atoms. The fraction of sp³-hybridized carbons (Fsp3) is 0.444. The molecule has 0 bridgehead atoms. The van der Waals surface area contributed by atoms with Gasteiger partial charge in [-0.05, 0) is 57.0 Å². The van der Waals surface area contributed by atoms with Crippen LogP contribution >= 0.6 is 11.3 Å². The van der Waals surface area contributed by atoms with E-state index >= 15 is 0 Å². The Morgan fingerprint density at radius 3 is 2.79 bits per heavy atom. The molecule has 1 aliphatic heterocycles. The molecule has 128 valence electrons. The third-order valence-corrected chi connectivity index (χ3v) is 4.99. The van der Waals surface area contributed by atoms with E-state index in [0.717, 1.165) is 35.8 Å². The van der Waals surface area contributed by atoms with Crippen LogP contribution in [0.15, 0.2) is 29.6 Å². The van der Waals surface area contributed by atoms with Crippen LogP contribution in [0.25, 0.3) is 10.6 Å². The Hall–Kier alpha value is -1.92. The summed E-state index contributed by atoms with van der Waals surface area (Å²) in [5.74, 6) is 1.26. The number of amides is 1. The van der Waals surface area contributed by atoms with E-state index in [4.69, 9.17) is 10.5 Å². The molecule has 0 aliphatic carbocycles.